The predicted molar refractivity (Wildman–Crippen MR) is 119 cm³/mol. The smallest absolute Gasteiger partial charge is 0.335 e. The zero-order valence-electron chi connectivity index (χ0n) is 16.5. The summed E-state index contributed by atoms with van der Waals surface area (Å²) in [7, 11) is 0. The van der Waals surface area contributed by atoms with Gasteiger partial charge in [-0.15, -0.1) is 0 Å². The number of ether oxygens (including phenoxy) is 2. The van der Waals surface area contributed by atoms with E-state index < -0.39 is 11.9 Å². The lowest BCUT2D eigenvalue weighted by Gasteiger charge is -2.05. The number of fused-ring (bicyclic) bond motifs is 1. The molecule has 31 heavy (non-hydrogen) atoms. The van der Waals surface area contributed by atoms with Gasteiger partial charge in [0, 0.05) is 23.3 Å². The first-order valence-electron chi connectivity index (χ1n) is 9.48. The van der Waals surface area contributed by atoms with Crippen LogP contribution in [0.3, 0.4) is 0 Å². The molecule has 4 aromatic rings. The largest absolute Gasteiger partial charge is 0.456 e. The van der Waals surface area contributed by atoms with Crippen molar-refractivity contribution in [2.45, 2.75) is 0 Å². The molecular weight excluding hydrogens is 392 g/mol. The van der Waals surface area contributed by atoms with Crippen molar-refractivity contribution in [2.75, 3.05) is 0 Å². The van der Waals surface area contributed by atoms with Crippen LogP contribution in [0.5, 0.6) is 11.5 Å². The molecule has 1 heterocycles. The summed E-state index contributed by atoms with van der Waals surface area (Å²) in [6, 6.07) is 22.2. The van der Waals surface area contributed by atoms with Crippen molar-refractivity contribution in [3.05, 3.63) is 98.1 Å². The van der Waals surface area contributed by atoms with Crippen LogP contribution in [0.1, 0.15) is 0 Å². The van der Waals surface area contributed by atoms with Crippen LogP contribution in [0.4, 0.5) is 0 Å². The molecule has 0 atom stereocenters. The molecule has 0 bridgehead atoms. The van der Waals surface area contributed by atoms with Gasteiger partial charge in [-0.1, -0.05) is 31.4 Å². The molecule has 0 radical (unpaired) electrons. The van der Waals surface area contributed by atoms with Crippen LogP contribution in [0.2, 0.25) is 0 Å². The highest BCUT2D eigenvalue weighted by molar-refractivity contribution is 5.89. The Morgan fingerprint density at radius 2 is 1.16 bits per heavy atom. The van der Waals surface area contributed by atoms with Crippen molar-refractivity contribution >= 4 is 22.7 Å². The number of furan rings is 1. The summed E-state index contributed by atoms with van der Waals surface area (Å²) in [5.41, 5.74) is 1.78. The summed E-state index contributed by atoms with van der Waals surface area (Å²) in [5.74, 6) is 1.33. The van der Waals surface area contributed by atoms with Crippen molar-refractivity contribution < 1.29 is 23.5 Å². The first kappa shape index (κ1) is 19.9. The van der Waals surface area contributed by atoms with Gasteiger partial charge in [0.2, 0.25) is 0 Å². The van der Waals surface area contributed by atoms with Crippen LogP contribution in [0.15, 0.2) is 103 Å². The Hall–Kier alpha value is -4.38. The molecule has 0 amide bonds. The SMILES string of the molecule is C=CC(=O)Oc1ccc(-c2ccc(-c3ccc4cc(OC(=O)C=C)ccc4c3)o2)cc1. The molecule has 0 fully saturated rings. The van der Waals surface area contributed by atoms with E-state index in [9.17, 15) is 9.59 Å². The van der Waals surface area contributed by atoms with E-state index in [1.165, 1.54) is 0 Å². The molecule has 0 saturated heterocycles. The van der Waals surface area contributed by atoms with E-state index in [1.807, 2.05) is 48.5 Å². The van der Waals surface area contributed by atoms with Gasteiger partial charge in [-0.25, -0.2) is 9.59 Å². The Kier molecular flexibility index (Phi) is 5.49. The van der Waals surface area contributed by atoms with Crippen LogP contribution in [-0.4, -0.2) is 11.9 Å². The Bertz CT molecular complexity index is 1300. The fourth-order valence-corrected chi connectivity index (χ4v) is 3.09. The van der Waals surface area contributed by atoms with E-state index in [0.717, 1.165) is 39.8 Å². The normalized spacial score (nSPS) is 10.5. The van der Waals surface area contributed by atoms with Gasteiger partial charge in [0.05, 0.1) is 0 Å². The van der Waals surface area contributed by atoms with Crippen molar-refractivity contribution in [3.63, 3.8) is 0 Å². The first-order chi connectivity index (χ1) is 15.1. The van der Waals surface area contributed by atoms with E-state index in [2.05, 4.69) is 13.2 Å². The molecule has 4 rings (SSSR count). The lowest BCUT2D eigenvalue weighted by molar-refractivity contribution is -0.129. The molecule has 0 aliphatic rings. The van der Waals surface area contributed by atoms with Crippen LogP contribution in [0.25, 0.3) is 33.4 Å². The summed E-state index contributed by atoms with van der Waals surface area (Å²) in [6.07, 6.45) is 2.24. The molecule has 5 nitrogen and oxygen atoms in total. The molecule has 0 saturated carbocycles. The lowest BCUT2D eigenvalue weighted by atomic mass is 10.1. The number of esters is 2. The van der Waals surface area contributed by atoms with Crippen LogP contribution in [0, 0.1) is 0 Å². The Balaban J connectivity index is 1.56. The summed E-state index contributed by atoms with van der Waals surface area (Å²) < 4.78 is 16.3. The minimum Gasteiger partial charge on any atom is -0.456 e. The standard InChI is InChI=1S/C26H18O5/c1-3-25(27)29-21-10-7-17(8-11-21)23-13-14-24(31-23)20-6-5-19-16-22(30-26(28)4-2)12-9-18(19)15-20/h3-16H,1-2H2. The van der Waals surface area contributed by atoms with E-state index in [1.54, 1.807) is 24.3 Å². The Labute approximate surface area is 178 Å². The maximum Gasteiger partial charge on any atom is 0.335 e. The minimum atomic E-state index is -0.504. The zero-order valence-corrected chi connectivity index (χ0v) is 16.5. The quantitative estimate of drug-likeness (QED) is 0.223. The Morgan fingerprint density at radius 1 is 0.645 bits per heavy atom. The topological polar surface area (TPSA) is 65.7 Å². The maximum atomic E-state index is 11.4. The molecule has 0 aliphatic heterocycles. The molecule has 3 aromatic carbocycles. The second kappa shape index (κ2) is 8.55. The third kappa shape index (κ3) is 4.46. The van der Waals surface area contributed by atoms with E-state index >= 15 is 0 Å². The molecule has 0 N–H and O–H groups in total. The molecule has 5 heteroatoms. The fourth-order valence-electron chi connectivity index (χ4n) is 3.09. The lowest BCUT2D eigenvalue weighted by Crippen LogP contribution is -2.02. The van der Waals surface area contributed by atoms with E-state index in [-0.39, 0.29) is 0 Å². The summed E-state index contributed by atoms with van der Waals surface area (Å²) in [6.45, 7) is 6.78. The molecular formula is C26H18O5. The highest BCUT2D eigenvalue weighted by Gasteiger charge is 2.09. The van der Waals surface area contributed by atoms with Gasteiger partial charge < -0.3 is 13.9 Å². The highest BCUT2D eigenvalue weighted by Crippen LogP contribution is 2.32. The highest BCUT2D eigenvalue weighted by atomic mass is 16.5. The molecule has 0 unspecified atom stereocenters. The molecule has 0 spiro atoms. The van der Waals surface area contributed by atoms with Gasteiger partial charge in [0.25, 0.3) is 0 Å². The second-order valence-electron chi connectivity index (χ2n) is 6.66. The van der Waals surface area contributed by atoms with E-state index in [4.69, 9.17) is 13.9 Å². The Morgan fingerprint density at radius 3 is 1.84 bits per heavy atom. The zero-order chi connectivity index (χ0) is 21.8. The second-order valence-corrected chi connectivity index (χ2v) is 6.66. The average molecular weight is 410 g/mol. The third-order valence-corrected chi connectivity index (χ3v) is 4.61. The van der Waals surface area contributed by atoms with Gasteiger partial charge in [-0.2, -0.15) is 0 Å². The first-order valence-corrected chi connectivity index (χ1v) is 9.48. The summed E-state index contributed by atoms with van der Waals surface area (Å²) in [5, 5.41) is 1.93. The van der Waals surface area contributed by atoms with Crippen molar-refractivity contribution in [1.82, 2.24) is 0 Å². The third-order valence-electron chi connectivity index (χ3n) is 4.61. The number of carbonyl (C=O) groups is 2. The van der Waals surface area contributed by atoms with Crippen LogP contribution in [-0.2, 0) is 9.59 Å². The summed E-state index contributed by atoms with van der Waals surface area (Å²) in [4.78, 5) is 22.7. The maximum absolute atomic E-state index is 11.4. The van der Waals surface area contributed by atoms with Crippen molar-refractivity contribution in [2.24, 2.45) is 0 Å². The molecule has 0 aliphatic carbocycles. The van der Waals surface area contributed by atoms with Gasteiger partial charge in [0.15, 0.2) is 0 Å². The van der Waals surface area contributed by atoms with Gasteiger partial charge >= 0.3 is 11.9 Å². The summed E-state index contributed by atoms with van der Waals surface area (Å²) >= 11 is 0. The molecule has 1 aromatic heterocycles. The number of benzene rings is 3. The van der Waals surface area contributed by atoms with Crippen LogP contribution >= 0.6 is 0 Å². The molecule has 152 valence electrons. The average Bonchev–Trinajstić information content (AvgIpc) is 3.29. The van der Waals surface area contributed by atoms with Crippen molar-refractivity contribution in [3.8, 4) is 34.1 Å². The minimum absolute atomic E-state index is 0.438. The number of hydrogen-bond donors (Lipinski definition) is 0. The van der Waals surface area contributed by atoms with E-state index in [0.29, 0.717) is 17.3 Å². The van der Waals surface area contributed by atoms with Crippen LogP contribution < -0.4 is 9.47 Å². The number of carbonyl (C=O) groups excluding carboxylic acids is 2. The predicted octanol–water partition coefficient (Wildman–Crippen LogP) is 5.95. The van der Waals surface area contributed by atoms with Gasteiger partial charge in [-0.3, -0.25) is 0 Å². The van der Waals surface area contributed by atoms with Gasteiger partial charge in [0.1, 0.15) is 23.0 Å². The van der Waals surface area contributed by atoms with Crippen molar-refractivity contribution in [1.29, 1.82) is 0 Å². The fraction of sp³-hybridized carbons (Fsp3) is 0. The van der Waals surface area contributed by atoms with Gasteiger partial charge in [-0.05, 0) is 65.4 Å². The monoisotopic (exact) mass is 410 g/mol. The number of hydrogen-bond acceptors (Lipinski definition) is 5. The number of rotatable bonds is 6.